The minimum atomic E-state index is -3.77. The molecule has 0 aliphatic heterocycles. The molecule has 1 aromatic carbocycles. The highest BCUT2D eigenvalue weighted by Gasteiger charge is 2.11. The second-order valence-electron chi connectivity index (χ2n) is 3.50. The van der Waals surface area contributed by atoms with Gasteiger partial charge in [-0.2, -0.15) is 0 Å². The Kier molecular flexibility index (Phi) is 4.22. The van der Waals surface area contributed by atoms with Crippen LogP contribution in [0.1, 0.15) is 5.56 Å². The van der Waals surface area contributed by atoms with Gasteiger partial charge in [-0.3, -0.25) is 4.79 Å². The second kappa shape index (κ2) is 5.26. The van der Waals surface area contributed by atoms with Crippen molar-refractivity contribution in [2.75, 3.05) is 19.0 Å². The molecule has 0 spiro atoms. The average Bonchev–Trinajstić information content (AvgIpc) is 2.20. The third-order valence-corrected chi connectivity index (χ3v) is 3.00. The van der Waals surface area contributed by atoms with Crippen molar-refractivity contribution in [2.45, 2.75) is 11.8 Å². The summed E-state index contributed by atoms with van der Waals surface area (Å²) in [5, 5.41) is 7.54. The molecule has 0 radical (unpaired) electrons. The van der Waals surface area contributed by atoms with Gasteiger partial charge in [0.1, 0.15) is 6.61 Å². The van der Waals surface area contributed by atoms with Crippen molar-refractivity contribution in [2.24, 2.45) is 5.14 Å². The molecule has 0 heterocycles. The summed E-state index contributed by atoms with van der Waals surface area (Å²) < 4.78 is 27.0. The van der Waals surface area contributed by atoms with Gasteiger partial charge in [-0.15, -0.1) is 0 Å². The number of ether oxygens (including phenoxy) is 1. The number of hydrogen-bond acceptors (Lipinski definition) is 4. The number of anilines is 1. The first-order valence-corrected chi connectivity index (χ1v) is 6.31. The molecule has 1 aromatic rings. The van der Waals surface area contributed by atoms with Gasteiger partial charge in [-0.05, 0) is 24.6 Å². The normalized spacial score (nSPS) is 11.2. The molecule has 0 unspecified atom stereocenters. The topological polar surface area (TPSA) is 98.5 Å². The molecule has 0 aromatic heterocycles. The predicted molar refractivity (Wildman–Crippen MR) is 63.1 cm³/mol. The van der Waals surface area contributed by atoms with E-state index in [1.807, 2.05) is 0 Å². The number of primary sulfonamides is 1. The molecule has 6 nitrogen and oxygen atoms in total. The van der Waals surface area contributed by atoms with Crippen LogP contribution < -0.4 is 10.5 Å². The van der Waals surface area contributed by atoms with Crippen LogP contribution in [-0.4, -0.2) is 28.0 Å². The second-order valence-corrected chi connectivity index (χ2v) is 5.06. The van der Waals surface area contributed by atoms with Gasteiger partial charge in [0.15, 0.2) is 0 Å². The number of methoxy groups -OCH3 is 1. The third kappa shape index (κ3) is 3.81. The summed E-state index contributed by atoms with van der Waals surface area (Å²) in [5.74, 6) is -0.359. The third-order valence-electron chi connectivity index (χ3n) is 2.09. The number of carbonyl (C=O) groups excluding carboxylic acids is 1. The lowest BCUT2D eigenvalue weighted by Gasteiger charge is -2.09. The van der Waals surface area contributed by atoms with Crippen molar-refractivity contribution < 1.29 is 17.9 Å². The Morgan fingerprint density at radius 1 is 1.47 bits per heavy atom. The van der Waals surface area contributed by atoms with E-state index in [-0.39, 0.29) is 17.4 Å². The Hall–Kier alpha value is -1.44. The van der Waals surface area contributed by atoms with Crippen LogP contribution in [0.2, 0.25) is 0 Å². The van der Waals surface area contributed by atoms with E-state index >= 15 is 0 Å². The minimum Gasteiger partial charge on any atom is -0.375 e. The summed E-state index contributed by atoms with van der Waals surface area (Å²) in [5.41, 5.74) is 1.14. The number of nitrogens with two attached hydrogens (primary N) is 1. The van der Waals surface area contributed by atoms with E-state index in [0.717, 1.165) is 5.56 Å². The van der Waals surface area contributed by atoms with Crippen LogP contribution in [0.3, 0.4) is 0 Å². The molecule has 1 amide bonds. The lowest BCUT2D eigenvalue weighted by Crippen LogP contribution is -2.19. The van der Waals surface area contributed by atoms with Crippen LogP contribution in [0.25, 0.3) is 0 Å². The summed E-state index contributed by atoms with van der Waals surface area (Å²) in [7, 11) is -2.38. The SMILES string of the molecule is COCC(=O)Nc1cc(S(N)(=O)=O)ccc1C. The van der Waals surface area contributed by atoms with Crippen LogP contribution in [0.15, 0.2) is 23.1 Å². The monoisotopic (exact) mass is 258 g/mol. The quantitative estimate of drug-likeness (QED) is 0.807. The van der Waals surface area contributed by atoms with E-state index in [9.17, 15) is 13.2 Å². The van der Waals surface area contributed by atoms with Crippen molar-refractivity contribution in [3.63, 3.8) is 0 Å². The van der Waals surface area contributed by atoms with Gasteiger partial charge in [-0.1, -0.05) is 6.07 Å². The summed E-state index contributed by atoms with van der Waals surface area (Å²) in [4.78, 5) is 11.3. The first-order chi connectivity index (χ1) is 7.84. The van der Waals surface area contributed by atoms with Crippen molar-refractivity contribution in [3.05, 3.63) is 23.8 Å². The van der Waals surface area contributed by atoms with Crippen molar-refractivity contribution in [1.82, 2.24) is 0 Å². The minimum absolute atomic E-state index is 0.0455. The summed E-state index contributed by atoms with van der Waals surface area (Å²) in [6.07, 6.45) is 0. The zero-order valence-corrected chi connectivity index (χ0v) is 10.4. The molecule has 7 heteroatoms. The van der Waals surface area contributed by atoms with Crippen LogP contribution >= 0.6 is 0 Å². The standard InChI is InChI=1S/C10H14N2O4S/c1-7-3-4-8(17(11,14)15)5-9(7)12-10(13)6-16-2/h3-5H,6H2,1-2H3,(H,12,13)(H2,11,14,15). The van der Waals surface area contributed by atoms with Crippen LogP contribution in [0, 0.1) is 6.92 Å². The highest BCUT2D eigenvalue weighted by atomic mass is 32.2. The Morgan fingerprint density at radius 3 is 2.65 bits per heavy atom. The van der Waals surface area contributed by atoms with Gasteiger partial charge in [0, 0.05) is 12.8 Å². The van der Waals surface area contributed by atoms with Gasteiger partial charge < -0.3 is 10.1 Å². The lowest BCUT2D eigenvalue weighted by molar-refractivity contribution is -0.119. The number of rotatable bonds is 4. The molecule has 3 N–H and O–H groups in total. The van der Waals surface area contributed by atoms with E-state index in [4.69, 9.17) is 5.14 Å². The zero-order valence-electron chi connectivity index (χ0n) is 9.56. The maximum Gasteiger partial charge on any atom is 0.250 e. The lowest BCUT2D eigenvalue weighted by atomic mass is 10.2. The number of hydrogen-bond donors (Lipinski definition) is 2. The fourth-order valence-electron chi connectivity index (χ4n) is 1.23. The first-order valence-electron chi connectivity index (χ1n) is 4.77. The number of amides is 1. The van der Waals surface area contributed by atoms with E-state index in [2.05, 4.69) is 10.1 Å². The van der Waals surface area contributed by atoms with Gasteiger partial charge in [0.25, 0.3) is 0 Å². The molecular formula is C10H14N2O4S. The highest BCUT2D eigenvalue weighted by molar-refractivity contribution is 7.89. The molecule has 0 saturated carbocycles. The largest absolute Gasteiger partial charge is 0.375 e. The molecule has 94 valence electrons. The average molecular weight is 258 g/mol. The Bertz CT molecular complexity index is 525. The maximum atomic E-state index is 11.3. The van der Waals surface area contributed by atoms with Crippen molar-refractivity contribution in [1.29, 1.82) is 0 Å². The molecule has 0 atom stereocenters. The fourth-order valence-corrected chi connectivity index (χ4v) is 1.77. The zero-order chi connectivity index (χ0) is 13.1. The summed E-state index contributed by atoms with van der Waals surface area (Å²) >= 11 is 0. The summed E-state index contributed by atoms with van der Waals surface area (Å²) in [6, 6.07) is 4.27. The summed E-state index contributed by atoms with van der Waals surface area (Å²) in [6.45, 7) is 1.65. The molecule has 0 bridgehead atoms. The van der Waals surface area contributed by atoms with Gasteiger partial charge in [-0.25, -0.2) is 13.6 Å². The van der Waals surface area contributed by atoms with Gasteiger partial charge in [0.2, 0.25) is 15.9 Å². The van der Waals surface area contributed by atoms with E-state index < -0.39 is 10.0 Å². The number of aryl methyl sites for hydroxylation is 1. The number of carbonyl (C=O) groups is 1. The van der Waals surface area contributed by atoms with Gasteiger partial charge in [0.05, 0.1) is 4.90 Å². The van der Waals surface area contributed by atoms with E-state index in [0.29, 0.717) is 5.69 Å². The molecule has 1 rings (SSSR count). The van der Waals surface area contributed by atoms with Crippen LogP contribution in [-0.2, 0) is 19.6 Å². The predicted octanol–water partition coefficient (Wildman–Crippen LogP) is 0.227. The molecular weight excluding hydrogens is 244 g/mol. The first kappa shape index (κ1) is 13.6. The van der Waals surface area contributed by atoms with E-state index in [1.54, 1.807) is 13.0 Å². The van der Waals surface area contributed by atoms with E-state index in [1.165, 1.54) is 19.2 Å². The van der Waals surface area contributed by atoms with Gasteiger partial charge >= 0.3 is 0 Å². The molecule has 0 aliphatic carbocycles. The number of benzene rings is 1. The smallest absolute Gasteiger partial charge is 0.250 e. The van der Waals surface area contributed by atoms with Crippen LogP contribution in [0.5, 0.6) is 0 Å². The molecule has 0 aliphatic rings. The van der Waals surface area contributed by atoms with Crippen molar-refractivity contribution >= 4 is 21.6 Å². The Labute approximate surface area is 99.8 Å². The molecule has 17 heavy (non-hydrogen) atoms. The number of sulfonamides is 1. The van der Waals surface area contributed by atoms with Crippen molar-refractivity contribution in [3.8, 4) is 0 Å². The molecule has 0 saturated heterocycles. The van der Waals surface area contributed by atoms with Crippen LogP contribution in [0.4, 0.5) is 5.69 Å². The Morgan fingerprint density at radius 2 is 2.12 bits per heavy atom. The fraction of sp³-hybridized carbons (Fsp3) is 0.300. The molecule has 0 fully saturated rings. The maximum absolute atomic E-state index is 11.3. The highest BCUT2D eigenvalue weighted by Crippen LogP contribution is 2.19. The Balaban J connectivity index is 3.03. The number of nitrogens with one attached hydrogen (secondary N) is 1.